The smallest absolute Gasteiger partial charge is 0.194 e. The molecule has 2 nitrogen and oxygen atoms in total. The average molecular weight is 481 g/mol. The highest BCUT2D eigenvalue weighted by atomic mass is 19.2. The highest BCUT2D eigenvalue weighted by molar-refractivity contribution is 5.84. The van der Waals surface area contributed by atoms with Gasteiger partial charge in [-0.25, -0.2) is 27.5 Å². The number of halogens is 4. The molecule has 0 radical (unpaired) electrons. The molecule has 0 saturated carbocycles. The van der Waals surface area contributed by atoms with Crippen LogP contribution in [0.4, 0.5) is 17.6 Å². The second kappa shape index (κ2) is 11.4. The summed E-state index contributed by atoms with van der Waals surface area (Å²) in [6.45, 7) is 2.18. The monoisotopic (exact) mass is 480 g/mol. The van der Waals surface area contributed by atoms with E-state index in [0.717, 1.165) is 53.7 Å². The molecule has 0 atom stereocenters. The number of fused-ring (bicyclic) bond motifs is 1. The molecule has 0 amide bonds. The summed E-state index contributed by atoms with van der Waals surface area (Å²) in [4.78, 5) is 8.97. The Morgan fingerprint density at radius 1 is 0.629 bits per heavy atom. The molecule has 182 valence electrons. The molecule has 6 heteroatoms. The van der Waals surface area contributed by atoms with Gasteiger partial charge in [-0.2, -0.15) is 0 Å². The summed E-state index contributed by atoms with van der Waals surface area (Å²) in [6.07, 6.45) is 10.3. The molecule has 35 heavy (non-hydrogen) atoms. The van der Waals surface area contributed by atoms with Crippen molar-refractivity contribution in [1.29, 1.82) is 0 Å². The molecule has 1 aromatic heterocycles. The van der Waals surface area contributed by atoms with E-state index in [1.165, 1.54) is 12.8 Å². The molecule has 0 N–H and O–H groups in total. The van der Waals surface area contributed by atoms with Crippen LogP contribution in [-0.2, 0) is 32.1 Å². The SMILES string of the molecule is CCCCCc1cnc(CCc2ccc3c(F)c(CCc4cc(F)c(F)c(F)c4)ccc3c2)nc1. The van der Waals surface area contributed by atoms with Gasteiger partial charge in [-0.15, -0.1) is 0 Å². The van der Waals surface area contributed by atoms with Gasteiger partial charge in [0.15, 0.2) is 17.5 Å². The van der Waals surface area contributed by atoms with Crippen LogP contribution in [0.1, 0.15) is 54.3 Å². The first kappa shape index (κ1) is 24.8. The first-order valence-electron chi connectivity index (χ1n) is 12.1. The summed E-state index contributed by atoms with van der Waals surface area (Å²) in [5.41, 5.74) is 2.96. The van der Waals surface area contributed by atoms with Gasteiger partial charge in [-0.1, -0.05) is 50.1 Å². The maximum atomic E-state index is 15.1. The molecule has 0 spiro atoms. The van der Waals surface area contributed by atoms with E-state index < -0.39 is 17.5 Å². The fourth-order valence-electron chi connectivity index (χ4n) is 4.24. The minimum Gasteiger partial charge on any atom is -0.241 e. The zero-order valence-electron chi connectivity index (χ0n) is 19.8. The van der Waals surface area contributed by atoms with E-state index in [1.54, 1.807) is 12.1 Å². The van der Waals surface area contributed by atoms with Crippen molar-refractivity contribution in [2.75, 3.05) is 0 Å². The maximum absolute atomic E-state index is 15.1. The number of nitrogens with zero attached hydrogens (tertiary/aromatic N) is 2. The van der Waals surface area contributed by atoms with Gasteiger partial charge < -0.3 is 0 Å². The third-order valence-electron chi connectivity index (χ3n) is 6.29. The van der Waals surface area contributed by atoms with E-state index in [9.17, 15) is 13.2 Å². The lowest BCUT2D eigenvalue weighted by Crippen LogP contribution is -2.00. The second-order valence-electron chi connectivity index (χ2n) is 8.93. The van der Waals surface area contributed by atoms with Gasteiger partial charge >= 0.3 is 0 Å². The van der Waals surface area contributed by atoms with Gasteiger partial charge in [0.1, 0.15) is 11.6 Å². The van der Waals surface area contributed by atoms with Gasteiger partial charge in [0.25, 0.3) is 0 Å². The Kier molecular flexibility index (Phi) is 8.11. The molecular weight excluding hydrogens is 452 g/mol. The van der Waals surface area contributed by atoms with Crippen LogP contribution in [0.3, 0.4) is 0 Å². The predicted octanol–water partition coefficient (Wildman–Crippen LogP) is 7.49. The molecule has 0 aliphatic rings. The minimum absolute atomic E-state index is 0.200. The summed E-state index contributed by atoms with van der Waals surface area (Å²) >= 11 is 0. The van der Waals surface area contributed by atoms with E-state index in [0.29, 0.717) is 17.4 Å². The first-order chi connectivity index (χ1) is 16.9. The number of hydrogen-bond donors (Lipinski definition) is 0. The van der Waals surface area contributed by atoms with Crippen molar-refractivity contribution in [2.24, 2.45) is 0 Å². The number of unbranched alkanes of at least 4 members (excludes halogenated alkanes) is 2. The normalized spacial score (nSPS) is 11.3. The maximum Gasteiger partial charge on any atom is 0.194 e. The van der Waals surface area contributed by atoms with Crippen LogP contribution in [0.5, 0.6) is 0 Å². The van der Waals surface area contributed by atoms with Crippen molar-refractivity contribution < 1.29 is 17.6 Å². The Bertz CT molecular complexity index is 1280. The second-order valence-corrected chi connectivity index (χ2v) is 8.93. The Morgan fingerprint density at radius 3 is 2.06 bits per heavy atom. The van der Waals surface area contributed by atoms with Crippen molar-refractivity contribution in [3.05, 3.63) is 106 Å². The summed E-state index contributed by atoms with van der Waals surface area (Å²) in [5, 5.41) is 1.28. The van der Waals surface area contributed by atoms with E-state index >= 15 is 4.39 Å². The third kappa shape index (κ3) is 6.24. The number of rotatable bonds is 10. The topological polar surface area (TPSA) is 25.8 Å². The zero-order valence-corrected chi connectivity index (χ0v) is 19.8. The summed E-state index contributed by atoms with van der Waals surface area (Å²) < 4.78 is 55.1. The van der Waals surface area contributed by atoms with Gasteiger partial charge in [0.2, 0.25) is 0 Å². The summed E-state index contributed by atoms with van der Waals surface area (Å²) in [6, 6.07) is 11.1. The molecule has 0 fully saturated rings. The highest BCUT2D eigenvalue weighted by Gasteiger charge is 2.13. The van der Waals surface area contributed by atoms with Crippen molar-refractivity contribution in [1.82, 2.24) is 9.97 Å². The Morgan fingerprint density at radius 2 is 1.34 bits per heavy atom. The van der Waals surface area contributed by atoms with Gasteiger partial charge in [-0.05, 0) is 71.9 Å². The fourth-order valence-corrected chi connectivity index (χ4v) is 4.24. The summed E-state index contributed by atoms with van der Waals surface area (Å²) in [5.74, 6) is -3.52. The molecular formula is C29H28F4N2. The van der Waals surface area contributed by atoms with Crippen LogP contribution in [0, 0.1) is 23.3 Å². The van der Waals surface area contributed by atoms with Gasteiger partial charge in [0.05, 0.1) is 0 Å². The highest BCUT2D eigenvalue weighted by Crippen LogP contribution is 2.25. The minimum atomic E-state index is -1.49. The molecule has 4 aromatic rings. The molecule has 3 aromatic carbocycles. The van der Waals surface area contributed by atoms with Crippen molar-refractivity contribution >= 4 is 10.8 Å². The molecule has 0 bridgehead atoms. The van der Waals surface area contributed by atoms with E-state index in [2.05, 4.69) is 16.9 Å². The fraction of sp³-hybridized carbons (Fsp3) is 0.310. The quantitative estimate of drug-likeness (QED) is 0.134. The molecule has 0 aliphatic carbocycles. The Labute approximate surface area is 203 Å². The summed E-state index contributed by atoms with van der Waals surface area (Å²) in [7, 11) is 0. The molecule has 4 rings (SSSR count). The number of aryl methyl sites for hydroxylation is 5. The van der Waals surface area contributed by atoms with E-state index in [4.69, 9.17) is 0 Å². The molecule has 0 saturated heterocycles. The van der Waals surface area contributed by atoms with Crippen molar-refractivity contribution in [3.8, 4) is 0 Å². The van der Waals surface area contributed by atoms with Crippen LogP contribution < -0.4 is 0 Å². The van der Waals surface area contributed by atoms with Crippen LogP contribution in [0.15, 0.2) is 54.9 Å². The van der Waals surface area contributed by atoms with Gasteiger partial charge in [0, 0.05) is 24.2 Å². The van der Waals surface area contributed by atoms with E-state index in [1.807, 2.05) is 30.6 Å². The van der Waals surface area contributed by atoms with E-state index in [-0.39, 0.29) is 24.2 Å². The van der Waals surface area contributed by atoms with Gasteiger partial charge in [-0.3, -0.25) is 0 Å². The number of benzene rings is 3. The van der Waals surface area contributed by atoms with Crippen molar-refractivity contribution in [3.63, 3.8) is 0 Å². The molecule has 0 aliphatic heterocycles. The average Bonchev–Trinajstić information content (AvgIpc) is 2.86. The first-order valence-corrected chi connectivity index (χ1v) is 12.1. The largest absolute Gasteiger partial charge is 0.241 e. The van der Waals surface area contributed by atoms with Crippen LogP contribution in [0.2, 0.25) is 0 Å². The predicted molar refractivity (Wildman–Crippen MR) is 130 cm³/mol. The van der Waals surface area contributed by atoms with Crippen LogP contribution in [0.25, 0.3) is 10.8 Å². The third-order valence-corrected chi connectivity index (χ3v) is 6.29. The standard InChI is InChI=1S/C29H28F4N2/c1-2-3-4-5-21-17-34-27(35-18-21)13-8-19-7-12-24-23(14-19)11-10-22(28(24)32)9-6-20-15-25(30)29(33)26(31)16-20/h7,10-12,14-18H,2-6,8-9,13H2,1H3. The van der Waals surface area contributed by atoms with Crippen molar-refractivity contribution in [2.45, 2.75) is 58.3 Å². The lowest BCUT2D eigenvalue weighted by atomic mass is 9.98. The number of aromatic nitrogens is 2. The number of hydrogen-bond acceptors (Lipinski definition) is 2. The molecule has 0 unspecified atom stereocenters. The molecule has 1 heterocycles. The van der Waals surface area contributed by atoms with Crippen LogP contribution in [-0.4, -0.2) is 9.97 Å². The Balaban J connectivity index is 1.39. The zero-order chi connectivity index (χ0) is 24.8. The Hall–Kier alpha value is -3.28. The lowest BCUT2D eigenvalue weighted by Gasteiger charge is -2.09. The van der Waals surface area contributed by atoms with Crippen LogP contribution >= 0.6 is 0 Å². The lowest BCUT2D eigenvalue weighted by molar-refractivity contribution is 0.445.